The lowest BCUT2D eigenvalue weighted by Gasteiger charge is -2.34. The predicted molar refractivity (Wildman–Crippen MR) is 206 cm³/mol. The molecule has 0 N–H and O–H groups in total. The van der Waals surface area contributed by atoms with Crippen LogP contribution in [0.4, 0.5) is 0 Å². The molecule has 0 nitrogen and oxygen atoms in total. The van der Waals surface area contributed by atoms with E-state index in [1.807, 2.05) is 0 Å². The molecule has 47 heavy (non-hydrogen) atoms. The maximum Gasteiger partial charge on any atom is 0.248 e. The Morgan fingerprint density at radius 3 is 0.851 bits per heavy atom. The van der Waals surface area contributed by atoms with Crippen molar-refractivity contribution in [2.24, 2.45) is 0 Å². The first-order valence-corrected chi connectivity index (χ1v) is 19.8. The van der Waals surface area contributed by atoms with Crippen LogP contribution in [0, 0.1) is 41.5 Å². The summed E-state index contributed by atoms with van der Waals surface area (Å²) in [6, 6.07) is 47.2. The molecule has 236 valence electrons. The van der Waals surface area contributed by atoms with E-state index in [-0.39, 0.29) is 0 Å². The Balaban J connectivity index is 1.70. The lowest BCUT2D eigenvalue weighted by molar-refractivity contribution is 1.17. The van der Waals surface area contributed by atoms with Crippen LogP contribution in [0.5, 0.6) is 0 Å². The van der Waals surface area contributed by atoms with E-state index in [1.165, 1.54) is 82.3 Å². The summed E-state index contributed by atoms with van der Waals surface area (Å²) < 4.78 is 0. The Hall–Kier alpha value is -4.17. The van der Waals surface area contributed by atoms with Crippen molar-refractivity contribution in [3.63, 3.8) is 0 Å². The average Bonchev–Trinajstić information content (AvgIpc) is 3.07. The summed E-state index contributed by atoms with van der Waals surface area (Å²) in [5, 5.41) is 3.92. The number of hydrogen-bond acceptors (Lipinski definition) is 0. The third kappa shape index (κ3) is 6.93. The molecule has 0 saturated carbocycles. The second-order valence-corrected chi connectivity index (χ2v) is 18.1. The van der Waals surface area contributed by atoms with Crippen molar-refractivity contribution in [1.82, 2.24) is 0 Å². The summed E-state index contributed by atoms with van der Waals surface area (Å²) in [6.07, 6.45) is 2.53. The Bertz CT molecular complexity index is 1780. The zero-order chi connectivity index (χ0) is 33.1. The van der Waals surface area contributed by atoms with Crippen molar-refractivity contribution in [3.8, 4) is 0 Å². The molecule has 0 atom stereocenters. The Morgan fingerprint density at radius 1 is 0.362 bits per heavy atom. The lowest BCUT2D eigenvalue weighted by Crippen LogP contribution is -2.66. The minimum absolute atomic E-state index is 0.844. The van der Waals surface area contributed by atoms with Crippen LogP contribution in [0.15, 0.2) is 127 Å². The second kappa shape index (κ2) is 13.9. The molecule has 6 aromatic rings. The molecular formula is C45H45ClSi. The standard InChI is InChI=1S/C45H45ClSi/c1-31-22-40(28-37-16-10-7-11-17-37)43(25-34(31)4)47(46,44-26-35(5)32(2)23-41(44)29-38-18-12-8-13-19-38)45-27-36(6)33(3)24-42(45)30-39-20-14-9-15-21-39/h7-27H,28-30H2,1-6H3. The fourth-order valence-electron chi connectivity index (χ4n) is 6.91. The third-order valence-corrected chi connectivity index (χ3v) is 15.4. The molecule has 0 fully saturated rings. The van der Waals surface area contributed by atoms with Crippen LogP contribution in [0.25, 0.3) is 0 Å². The van der Waals surface area contributed by atoms with Crippen molar-refractivity contribution in [2.45, 2.75) is 60.8 Å². The molecule has 0 aliphatic heterocycles. The summed E-state index contributed by atoms with van der Waals surface area (Å²) in [4.78, 5) is 0. The highest BCUT2D eigenvalue weighted by atomic mass is 35.6. The molecule has 0 amide bonds. The topological polar surface area (TPSA) is 0 Å². The lowest BCUT2D eigenvalue weighted by atomic mass is 9.99. The van der Waals surface area contributed by atoms with Gasteiger partial charge in [0.1, 0.15) is 0 Å². The summed E-state index contributed by atoms with van der Waals surface area (Å²) in [5.74, 6) is 0. The van der Waals surface area contributed by atoms with E-state index in [0.717, 1.165) is 19.3 Å². The Morgan fingerprint density at radius 2 is 0.596 bits per heavy atom. The number of benzene rings is 6. The minimum atomic E-state index is -3.16. The molecule has 0 aromatic heterocycles. The molecule has 0 saturated heterocycles. The molecule has 0 bridgehead atoms. The highest BCUT2D eigenvalue weighted by Crippen LogP contribution is 2.27. The van der Waals surface area contributed by atoms with Gasteiger partial charge in [0.2, 0.25) is 7.38 Å². The van der Waals surface area contributed by atoms with Gasteiger partial charge in [0.15, 0.2) is 0 Å². The van der Waals surface area contributed by atoms with Gasteiger partial charge in [-0.05, 0) is 143 Å². The first-order valence-electron chi connectivity index (χ1n) is 16.8. The fraction of sp³-hybridized carbons (Fsp3) is 0.200. The van der Waals surface area contributed by atoms with Gasteiger partial charge in [0, 0.05) is 0 Å². The van der Waals surface area contributed by atoms with Crippen molar-refractivity contribution in [2.75, 3.05) is 0 Å². The number of halogens is 1. The SMILES string of the molecule is Cc1cc(Cc2ccccc2)c([Si](Cl)(c2cc(C)c(C)cc2Cc2ccccc2)c2cc(C)c(C)cc2Cc2ccccc2)cc1C. The van der Waals surface area contributed by atoms with E-state index in [9.17, 15) is 0 Å². The Kier molecular flexibility index (Phi) is 9.69. The van der Waals surface area contributed by atoms with Crippen LogP contribution in [0.1, 0.15) is 66.8 Å². The monoisotopic (exact) mass is 648 g/mol. The second-order valence-electron chi connectivity index (χ2n) is 13.4. The van der Waals surface area contributed by atoms with Gasteiger partial charge >= 0.3 is 0 Å². The van der Waals surface area contributed by atoms with E-state index in [4.69, 9.17) is 11.1 Å². The molecule has 0 unspecified atom stereocenters. The summed E-state index contributed by atoms with van der Waals surface area (Å²) in [5.41, 5.74) is 15.7. The van der Waals surface area contributed by atoms with Crippen molar-refractivity contribution >= 4 is 34.0 Å². The molecule has 0 heterocycles. The first kappa shape index (κ1) is 32.8. The van der Waals surface area contributed by atoms with Crippen LogP contribution >= 0.6 is 11.1 Å². The van der Waals surface area contributed by atoms with E-state index >= 15 is 0 Å². The molecule has 0 radical (unpaired) electrons. The van der Waals surface area contributed by atoms with Gasteiger partial charge in [-0.3, -0.25) is 0 Å². The maximum atomic E-state index is 8.74. The van der Waals surface area contributed by atoms with Gasteiger partial charge in [0.05, 0.1) is 0 Å². The van der Waals surface area contributed by atoms with Crippen molar-refractivity contribution in [1.29, 1.82) is 0 Å². The summed E-state index contributed by atoms with van der Waals surface area (Å²) >= 11 is 8.74. The maximum absolute atomic E-state index is 8.74. The molecule has 6 rings (SSSR count). The average molecular weight is 649 g/mol. The number of aryl methyl sites for hydroxylation is 6. The summed E-state index contributed by atoms with van der Waals surface area (Å²) in [7, 11) is -3.16. The molecule has 0 spiro atoms. The van der Waals surface area contributed by atoms with E-state index in [2.05, 4.69) is 169 Å². The zero-order valence-electron chi connectivity index (χ0n) is 28.6. The number of rotatable bonds is 9. The summed E-state index contributed by atoms with van der Waals surface area (Å²) in [6.45, 7) is 13.4. The third-order valence-electron chi connectivity index (χ3n) is 9.98. The van der Waals surface area contributed by atoms with E-state index in [1.54, 1.807) is 0 Å². The molecule has 0 aliphatic carbocycles. The fourth-order valence-corrected chi connectivity index (χ4v) is 12.4. The van der Waals surface area contributed by atoms with Crippen LogP contribution in [0.3, 0.4) is 0 Å². The van der Waals surface area contributed by atoms with Crippen molar-refractivity contribution < 1.29 is 0 Å². The van der Waals surface area contributed by atoms with Gasteiger partial charge in [-0.2, -0.15) is 0 Å². The predicted octanol–water partition coefficient (Wildman–Crippen LogP) is 9.52. The van der Waals surface area contributed by atoms with Gasteiger partial charge in [0.25, 0.3) is 0 Å². The Labute approximate surface area is 287 Å². The van der Waals surface area contributed by atoms with Crippen LogP contribution < -0.4 is 15.6 Å². The van der Waals surface area contributed by atoms with E-state index in [0.29, 0.717) is 0 Å². The highest BCUT2D eigenvalue weighted by molar-refractivity contribution is 7.40. The van der Waals surface area contributed by atoms with Gasteiger partial charge in [-0.1, -0.05) is 127 Å². The normalized spacial score (nSPS) is 11.6. The minimum Gasteiger partial charge on any atom is -0.149 e. The largest absolute Gasteiger partial charge is 0.248 e. The van der Waals surface area contributed by atoms with E-state index < -0.39 is 7.38 Å². The van der Waals surface area contributed by atoms with Crippen molar-refractivity contribution in [3.05, 3.63) is 194 Å². The zero-order valence-corrected chi connectivity index (χ0v) is 30.4. The smallest absolute Gasteiger partial charge is 0.149 e. The quantitative estimate of drug-likeness (QED) is 0.0832. The first-order chi connectivity index (χ1) is 22.6. The van der Waals surface area contributed by atoms with Crippen LogP contribution in [-0.4, -0.2) is 7.38 Å². The molecular weight excluding hydrogens is 604 g/mol. The molecule has 2 heteroatoms. The van der Waals surface area contributed by atoms with Crippen LogP contribution in [0.2, 0.25) is 0 Å². The molecule has 0 aliphatic rings. The highest BCUT2D eigenvalue weighted by Gasteiger charge is 2.43. The molecule has 6 aromatic carbocycles. The van der Waals surface area contributed by atoms with Gasteiger partial charge in [-0.15, -0.1) is 11.1 Å². The van der Waals surface area contributed by atoms with Gasteiger partial charge in [-0.25, -0.2) is 0 Å². The number of hydrogen-bond donors (Lipinski definition) is 0. The van der Waals surface area contributed by atoms with Gasteiger partial charge < -0.3 is 0 Å². The van der Waals surface area contributed by atoms with Crippen LogP contribution in [-0.2, 0) is 19.3 Å².